The van der Waals surface area contributed by atoms with Gasteiger partial charge in [0.25, 0.3) is 5.91 Å². The molecule has 25 heavy (non-hydrogen) atoms. The molecule has 134 valence electrons. The summed E-state index contributed by atoms with van der Waals surface area (Å²) in [4.78, 5) is 24.1. The Kier molecular flexibility index (Phi) is 6.77. The van der Waals surface area contributed by atoms with Crippen LogP contribution in [0.1, 0.15) is 42.5 Å². The second-order valence-electron chi connectivity index (χ2n) is 5.90. The van der Waals surface area contributed by atoms with Crippen LogP contribution in [0.2, 0.25) is 0 Å². The molecule has 0 saturated heterocycles. The van der Waals surface area contributed by atoms with Gasteiger partial charge in [-0.2, -0.15) is 0 Å². The Balaban J connectivity index is 1.82. The van der Waals surface area contributed by atoms with Crippen molar-refractivity contribution < 1.29 is 23.5 Å². The predicted molar refractivity (Wildman–Crippen MR) is 91.8 cm³/mol. The number of carbonyl (C=O) groups is 2. The fraction of sp³-hybridized carbons (Fsp3) is 0.368. The maximum Gasteiger partial charge on any atom is 0.338 e. The van der Waals surface area contributed by atoms with Crippen molar-refractivity contribution in [2.24, 2.45) is 0 Å². The van der Waals surface area contributed by atoms with E-state index in [1.54, 1.807) is 36.4 Å². The molecule has 1 amide bonds. The highest BCUT2D eigenvalue weighted by atomic mass is 16.5. The molecule has 0 bridgehead atoms. The monoisotopic (exact) mass is 345 g/mol. The number of nitrogens with one attached hydrogen (secondary N) is 1. The Morgan fingerprint density at radius 2 is 1.84 bits per heavy atom. The van der Waals surface area contributed by atoms with Crippen molar-refractivity contribution in [3.8, 4) is 0 Å². The standard InChI is InChI=1S/C19H23NO5/c1-13(2)24-12-15-6-8-16(9-7-15)19(22)25-14(3)18(21)20-11-17-5-4-10-23-17/h4-10,13-14H,11-12H2,1-3H3,(H,20,21)/t14-/m0/s1. The molecule has 6 nitrogen and oxygen atoms in total. The van der Waals surface area contributed by atoms with Gasteiger partial charge in [0.1, 0.15) is 5.76 Å². The van der Waals surface area contributed by atoms with E-state index in [4.69, 9.17) is 13.9 Å². The molecule has 0 radical (unpaired) electrons. The minimum absolute atomic E-state index is 0.144. The highest BCUT2D eigenvalue weighted by Gasteiger charge is 2.19. The summed E-state index contributed by atoms with van der Waals surface area (Å²) >= 11 is 0. The van der Waals surface area contributed by atoms with E-state index in [1.807, 2.05) is 13.8 Å². The van der Waals surface area contributed by atoms with Crippen LogP contribution in [0.4, 0.5) is 0 Å². The van der Waals surface area contributed by atoms with Gasteiger partial charge in [0.2, 0.25) is 0 Å². The molecule has 2 aromatic rings. The molecule has 0 aliphatic heterocycles. The van der Waals surface area contributed by atoms with Crippen LogP contribution in [-0.4, -0.2) is 24.1 Å². The largest absolute Gasteiger partial charge is 0.467 e. The molecular formula is C19H23NO5. The topological polar surface area (TPSA) is 77.8 Å². The number of amides is 1. The number of ether oxygens (including phenoxy) is 2. The molecule has 1 aromatic heterocycles. The third-order valence-electron chi connectivity index (χ3n) is 3.44. The molecule has 0 spiro atoms. The van der Waals surface area contributed by atoms with Gasteiger partial charge in [0.05, 0.1) is 31.1 Å². The number of hydrogen-bond donors (Lipinski definition) is 1. The minimum atomic E-state index is -0.897. The molecule has 1 heterocycles. The van der Waals surface area contributed by atoms with E-state index in [0.717, 1.165) is 5.56 Å². The maximum absolute atomic E-state index is 12.1. The third kappa shape index (κ3) is 6.08. The number of furan rings is 1. The second kappa shape index (κ2) is 9.03. The van der Waals surface area contributed by atoms with Crippen LogP contribution in [0.15, 0.2) is 47.1 Å². The van der Waals surface area contributed by atoms with Crippen LogP contribution in [0, 0.1) is 0 Å². The molecule has 6 heteroatoms. The molecule has 0 saturated carbocycles. The zero-order chi connectivity index (χ0) is 18.2. The average molecular weight is 345 g/mol. The number of carbonyl (C=O) groups excluding carboxylic acids is 2. The molecule has 1 aromatic carbocycles. The lowest BCUT2D eigenvalue weighted by Gasteiger charge is -2.13. The van der Waals surface area contributed by atoms with Gasteiger partial charge < -0.3 is 19.2 Å². The summed E-state index contributed by atoms with van der Waals surface area (Å²) in [5.41, 5.74) is 1.36. The second-order valence-corrected chi connectivity index (χ2v) is 5.90. The van der Waals surface area contributed by atoms with Crippen LogP contribution < -0.4 is 5.32 Å². The van der Waals surface area contributed by atoms with Crippen molar-refractivity contribution in [3.05, 3.63) is 59.5 Å². The quantitative estimate of drug-likeness (QED) is 0.744. The SMILES string of the molecule is CC(C)OCc1ccc(C(=O)O[C@@H](C)C(=O)NCc2ccco2)cc1. The molecule has 1 atom stereocenters. The smallest absolute Gasteiger partial charge is 0.338 e. The summed E-state index contributed by atoms with van der Waals surface area (Å²) in [6.07, 6.45) is 0.775. The molecule has 0 unspecified atom stereocenters. The predicted octanol–water partition coefficient (Wildman–Crippen LogP) is 3.07. The lowest BCUT2D eigenvalue weighted by atomic mass is 10.1. The first-order chi connectivity index (χ1) is 12.0. The van der Waals surface area contributed by atoms with E-state index in [0.29, 0.717) is 17.9 Å². The van der Waals surface area contributed by atoms with E-state index in [9.17, 15) is 9.59 Å². The van der Waals surface area contributed by atoms with Gasteiger partial charge in [-0.1, -0.05) is 12.1 Å². The van der Waals surface area contributed by atoms with Crippen LogP contribution in [-0.2, 0) is 27.4 Å². The van der Waals surface area contributed by atoms with Gasteiger partial charge in [-0.05, 0) is 50.6 Å². The van der Waals surface area contributed by atoms with Crippen LogP contribution in [0.25, 0.3) is 0 Å². The van der Waals surface area contributed by atoms with Crippen molar-refractivity contribution >= 4 is 11.9 Å². The lowest BCUT2D eigenvalue weighted by molar-refractivity contribution is -0.129. The fourth-order valence-electron chi connectivity index (χ4n) is 2.01. The molecule has 1 N–H and O–H groups in total. The van der Waals surface area contributed by atoms with E-state index in [2.05, 4.69) is 5.32 Å². The van der Waals surface area contributed by atoms with Gasteiger partial charge in [0.15, 0.2) is 6.10 Å². The van der Waals surface area contributed by atoms with E-state index >= 15 is 0 Å². The molecule has 2 rings (SSSR count). The summed E-state index contributed by atoms with van der Waals surface area (Å²) < 4.78 is 15.8. The van der Waals surface area contributed by atoms with Gasteiger partial charge in [-0.15, -0.1) is 0 Å². The summed E-state index contributed by atoms with van der Waals surface area (Å²) in [5.74, 6) is -0.297. The Hall–Kier alpha value is -2.60. The number of esters is 1. The van der Waals surface area contributed by atoms with Crippen molar-refractivity contribution in [1.82, 2.24) is 5.32 Å². The molecular weight excluding hydrogens is 322 g/mol. The normalized spacial score (nSPS) is 12.0. The van der Waals surface area contributed by atoms with E-state index < -0.39 is 12.1 Å². The van der Waals surface area contributed by atoms with Crippen LogP contribution in [0.5, 0.6) is 0 Å². The number of rotatable bonds is 8. The zero-order valence-corrected chi connectivity index (χ0v) is 14.7. The van der Waals surface area contributed by atoms with Crippen LogP contribution >= 0.6 is 0 Å². The third-order valence-corrected chi connectivity index (χ3v) is 3.44. The van der Waals surface area contributed by atoms with Crippen molar-refractivity contribution in [1.29, 1.82) is 0 Å². The number of hydrogen-bond acceptors (Lipinski definition) is 5. The number of benzene rings is 1. The average Bonchev–Trinajstić information content (AvgIpc) is 3.11. The first kappa shape index (κ1) is 18.7. The lowest BCUT2D eigenvalue weighted by Crippen LogP contribution is -2.35. The van der Waals surface area contributed by atoms with Gasteiger partial charge in [-0.25, -0.2) is 4.79 Å². The van der Waals surface area contributed by atoms with Crippen molar-refractivity contribution in [2.45, 2.75) is 46.1 Å². The van der Waals surface area contributed by atoms with Gasteiger partial charge >= 0.3 is 5.97 Å². The Labute approximate surface area is 147 Å². The summed E-state index contributed by atoms with van der Waals surface area (Å²) in [5, 5.41) is 2.65. The highest BCUT2D eigenvalue weighted by molar-refractivity contribution is 5.92. The van der Waals surface area contributed by atoms with Crippen molar-refractivity contribution in [3.63, 3.8) is 0 Å². The Bertz CT molecular complexity index is 676. The molecule has 0 aliphatic carbocycles. The molecule has 0 aliphatic rings. The summed E-state index contributed by atoms with van der Waals surface area (Å²) in [7, 11) is 0. The zero-order valence-electron chi connectivity index (χ0n) is 14.7. The van der Waals surface area contributed by atoms with E-state index in [1.165, 1.54) is 13.2 Å². The van der Waals surface area contributed by atoms with E-state index in [-0.39, 0.29) is 18.6 Å². The summed E-state index contributed by atoms with van der Waals surface area (Å²) in [6, 6.07) is 10.4. The van der Waals surface area contributed by atoms with Gasteiger partial charge in [-0.3, -0.25) is 4.79 Å². The first-order valence-corrected chi connectivity index (χ1v) is 8.17. The molecule has 0 fully saturated rings. The maximum atomic E-state index is 12.1. The van der Waals surface area contributed by atoms with Gasteiger partial charge in [0, 0.05) is 0 Å². The first-order valence-electron chi connectivity index (χ1n) is 8.17. The van der Waals surface area contributed by atoms with Crippen molar-refractivity contribution in [2.75, 3.05) is 0 Å². The Morgan fingerprint density at radius 3 is 2.44 bits per heavy atom. The highest BCUT2D eigenvalue weighted by Crippen LogP contribution is 2.10. The van der Waals surface area contributed by atoms with Crippen LogP contribution in [0.3, 0.4) is 0 Å². The summed E-state index contributed by atoms with van der Waals surface area (Å²) in [6.45, 7) is 6.19. The minimum Gasteiger partial charge on any atom is -0.467 e. The fourth-order valence-corrected chi connectivity index (χ4v) is 2.01. The Morgan fingerprint density at radius 1 is 1.12 bits per heavy atom.